The van der Waals surface area contributed by atoms with Gasteiger partial charge in [-0.1, -0.05) is 0 Å². The van der Waals surface area contributed by atoms with E-state index >= 15 is 0 Å². The monoisotopic (exact) mass is 390 g/mol. The van der Waals surface area contributed by atoms with E-state index in [0.717, 1.165) is 0 Å². The summed E-state index contributed by atoms with van der Waals surface area (Å²) in [4.78, 5) is 0. The average Bonchev–Trinajstić information content (AvgIpc) is 1.36. The van der Waals surface area contributed by atoms with E-state index in [4.69, 9.17) is 17.5 Å². The zero-order valence-corrected chi connectivity index (χ0v) is 10.3. The molecular weight excluding hydrogens is 392 g/mol. The van der Waals surface area contributed by atoms with Crippen LogP contribution in [0.25, 0.3) is 0 Å². The molecule has 0 aromatic rings. The van der Waals surface area contributed by atoms with E-state index in [-0.39, 0.29) is 19.5 Å². The summed E-state index contributed by atoms with van der Waals surface area (Å²) in [5.74, 6) is 0. The first-order chi connectivity index (χ1) is 3.00. The van der Waals surface area contributed by atoms with Crippen molar-refractivity contribution in [3.05, 3.63) is 0 Å². The molecule has 0 spiro atoms. The van der Waals surface area contributed by atoms with Crippen molar-refractivity contribution in [2.75, 3.05) is 0 Å². The molecule has 0 rings (SSSR count). The van der Waals surface area contributed by atoms with Gasteiger partial charge in [0.25, 0.3) is 0 Å². The van der Waals surface area contributed by atoms with Gasteiger partial charge in [-0.15, -0.1) is 0 Å². The molecule has 0 radical (unpaired) electrons. The summed E-state index contributed by atoms with van der Waals surface area (Å²) in [7, 11) is -0.556. The molecule has 0 bridgehead atoms. The van der Waals surface area contributed by atoms with Gasteiger partial charge in [-0.05, 0) is 0 Å². The Morgan fingerprint density at radius 1 is 1.25 bits per heavy atom. The van der Waals surface area contributed by atoms with Gasteiger partial charge in [0.05, 0.1) is 0 Å². The minimum Gasteiger partial charge on any atom is 2.00 e. The van der Waals surface area contributed by atoms with Gasteiger partial charge in [0.2, 0.25) is 0 Å². The summed E-state index contributed by atoms with van der Waals surface area (Å²) >= 11 is 1.61. The van der Waals surface area contributed by atoms with Crippen molar-refractivity contribution in [1.82, 2.24) is 0 Å². The van der Waals surface area contributed by atoms with E-state index in [0.29, 0.717) is 0 Å². The summed E-state index contributed by atoms with van der Waals surface area (Å²) in [6, 6.07) is 0. The van der Waals surface area contributed by atoms with Gasteiger partial charge in [-0.25, -0.2) is 0 Å². The third-order valence-electron chi connectivity index (χ3n) is 0. The quantitative estimate of drug-likeness (QED) is 0.312. The number of rotatable bonds is 0. The third-order valence-corrected chi connectivity index (χ3v) is 0. The summed E-state index contributed by atoms with van der Waals surface area (Å²) in [5, 5.41) is 0. The minimum atomic E-state index is -5.17. The maximum Gasteiger partial charge on any atom is 2.00 e. The van der Waals surface area contributed by atoms with Crippen LogP contribution in [0.3, 0.4) is 0 Å². The van der Waals surface area contributed by atoms with Crippen molar-refractivity contribution in [3.8, 4) is 0 Å². The predicted octanol–water partition coefficient (Wildman–Crippen LogP) is -0.653. The van der Waals surface area contributed by atoms with E-state index < -0.39 is 10.4 Å². The van der Waals surface area contributed by atoms with E-state index in [9.17, 15) is 0 Å². The molecule has 0 amide bonds. The van der Waals surface area contributed by atoms with E-state index in [2.05, 4.69) is 9.42 Å². The molecular formula is ClO4PtSZn. The van der Waals surface area contributed by atoms with Crippen molar-refractivity contribution in [3.63, 3.8) is 0 Å². The maximum absolute atomic E-state index is 8.52. The molecule has 0 aromatic carbocycles. The molecule has 8 heteroatoms. The van der Waals surface area contributed by atoms with Gasteiger partial charge in [-0.2, -0.15) is 0 Å². The van der Waals surface area contributed by atoms with Gasteiger partial charge in [0, 0.05) is 10.4 Å². The molecule has 0 aliphatic carbocycles. The number of hydrogen-bond acceptors (Lipinski definition) is 4. The second kappa shape index (κ2) is 8.47. The Kier molecular flexibility index (Phi) is 17.2. The molecule has 8 heavy (non-hydrogen) atoms. The van der Waals surface area contributed by atoms with Crippen molar-refractivity contribution >= 4 is 19.8 Å². The van der Waals surface area contributed by atoms with E-state index in [1.54, 1.807) is 18.8 Å². The van der Waals surface area contributed by atoms with Crippen LogP contribution in [-0.4, -0.2) is 17.5 Å². The maximum atomic E-state index is 8.52. The van der Waals surface area contributed by atoms with Crippen LogP contribution in [0.2, 0.25) is 0 Å². The molecule has 0 aliphatic rings. The zero-order valence-electron chi connectivity index (χ0n) is 3.44. The standard InChI is InChI=1S/ClH.H2O4S.Pt.Zn/c;1-5(2,3)4;;/h1H;(H2,1,2,3,4);;/q;;+1;+2/p-3. The van der Waals surface area contributed by atoms with Crippen LogP contribution in [0.5, 0.6) is 0 Å². The predicted molar refractivity (Wildman–Crippen MR) is 16.3 cm³/mol. The van der Waals surface area contributed by atoms with Crippen LogP contribution in [0.1, 0.15) is 0 Å². The first-order valence-electron chi connectivity index (χ1n) is 0.786. The van der Waals surface area contributed by atoms with Crippen molar-refractivity contribution < 1.29 is 55.8 Å². The van der Waals surface area contributed by atoms with E-state index in [1.807, 2.05) is 0 Å². The molecule has 49 valence electrons. The Labute approximate surface area is 75.1 Å². The topological polar surface area (TPSA) is 80.3 Å². The molecule has 0 atom stereocenters. The Balaban J connectivity index is -0.0000000750. The van der Waals surface area contributed by atoms with Crippen LogP contribution in [-0.2, 0) is 48.6 Å². The van der Waals surface area contributed by atoms with Crippen LogP contribution in [0.4, 0.5) is 0 Å². The first kappa shape index (κ1) is 16.2. The normalized spacial score (nSPS) is 8.12. The molecule has 0 N–H and O–H groups in total. The van der Waals surface area contributed by atoms with Gasteiger partial charge < -0.3 is 9.11 Å². The largest absolute Gasteiger partial charge is 2.00 e. The molecule has 0 unspecified atom stereocenters. The van der Waals surface area contributed by atoms with Crippen molar-refractivity contribution in [2.45, 2.75) is 0 Å². The molecule has 0 aromatic heterocycles. The molecule has 0 saturated heterocycles. The number of hydrogen-bond donors (Lipinski definition) is 0. The van der Waals surface area contributed by atoms with Crippen molar-refractivity contribution in [2.24, 2.45) is 0 Å². The first-order valence-corrected chi connectivity index (χ1v) is 4.94. The Morgan fingerprint density at radius 2 is 1.25 bits per heavy atom. The van der Waals surface area contributed by atoms with E-state index in [1.165, 1.54) is 0 Å². The summed E-state index contributed by atoms with van der Waals surface area (Å²) in [6.07, 6.45) is 0. The van der Waals surface area contributed by atoms with Gasteiger partial charge in [0.15, 0.2) is 0 Å². The smallest absolute Gasteiger partial charge is 2.00 e. The average molecular weight is 392 g/mol. The molecule has 0 aliphatic heterocycles. The Bertz CT molecular complexity index is 99.2. The van der Waals surface area contributed by atoms with Gasteiger partial charge in [0.1, 0.15) is 0 Å². The number of halogens is 1. The summed E-state index contributed by atoms with van der Waals surface area (Å²) in [5.41, 5.74) is 0. The van der Waals surface area contributed by atoms with Crippen LogP contribution in [0.15, 0.2) is 0 Å². The Morgan fingerprint density at radius 3 is 1.25 bits per heavy atom. The fourth-order valence-corrected chi connectivity index (χ4v) is 0. The summed E-state index contributed by atoms with van der Waals surface area (Å²) < 4.78 is 34.1. The SMILES string of the molecule is O=S(=O)([O-])[O-].[Cl][Pt].[Zn+2]. The Hall–Kier alpha value is 1.47. The van der Waals surface area contributed by atoms with Crippen LogP contribution < -0.4 is 0 Å². The molecule has 0 saturated carbocycles. The second-order valence-corrected chi connectivity index (χ2v) is 1.22. The van der Waals surface area contributed by atoms with Crippen LogP contribution >= 0.6 is 9.42 Å². The molecule has 4 nitrogen and oxygen atoms in total. The molecule has 0 fully saturated rings. The van der Waals surface area contributed by atoms with Gasteiger partial charge >= 0.3 is 47.7 Å². The fourth-order valence-electron chi connectivity index (χ4n) is 0. The fraction of sp³-hybridized carbons (Fsp3) is 0. The zero-order chi connectivity index (χ0) is 6.50. The second-order valence-electron chi connectivity index (χ2n) is 0.408. The van der Waals surface area contributed by atoms with Crippen LogP contribution in [0, 0.1) is 0 Å². The molecule has 0 heterocycles. The minimum absolute atomic E-state index is 0. The summed E-state index contributed by atoms with van der Waals surface area (Å²) in [6.45, 7) is 0. The van der Waals surface area contributed by atoms with Gasteiger partial charge in [-0.3, -0.25) is 8.42 Å². The van der Waals surface area contributed by atoms with Crippen molar-refractivity contribution in [1.29, 1.82) is 0 Å². The third kappa shape index (κ3) is 144.